The van der Waals surface area contributed by atoms with E-state index in [0.717, 1.165) is 11.0 Å². The van der Waals surface area contributed by atoms with Crippen LogP contribution in [0.2, 0.25) is 0 Å². The molecule has 2 rings (SSSR count). The number of amides is 1. The van der Waals surface area contributed by atoms with E-state index in [1.807, 2.05) is 0 Å². The molecular formula is C8H6FN5O. The van der Waals surface area contributed by atoms with Crippen molar-refractivity contribution in [3.63, 3.8) is 0 Å². The number of hydrogen-bond donors (Lipinski definition) is 1. The second kappa shape index (κ2) is 3.45. The minimum Gasteiger partial charge on any atom is -0.350 e. The standard InChI is InChI=1S/C8H6FN5O/c9-6-5(2-1-3-11-6)7-12-4-14(13-7)8(10)15/h1-4H,(H2,10,15). The molecule has 0 unspecified atom stereocenters. The van der Waals surface area contributed by atoms with Gasteiger partial charge in [0.05, 0.1) is 5.56 Å². The first-order chi connectivity index (χ1) is 7.18. The third-order valence-electron chi connectivity index (χ3n) is 1.72. The van der Waals surface area contributed by atoms with E-state index < -0.39 is 12.0 Å². The van der Waals surface area contributed by atoms with E-state index in [0.29, 0.717) is 0 Å². The second-order valence-electron chi connectivity index (χ2n) is 2.69. The van der Waals surface area contributed by atoms with Crippen LogP contribution in [0.3, 0.4) is 0 Å². The Morgan fingerprint density at radius 1 is 1.47 bits per heavy atom. The average Bonchev–Trinajstić information content (AvgIpc) is 2.67. The van der Waals surface area contributed by atoms with Crippen LogP contribution in [-0.2, 0) is 0 Å². The summed E-state index contributed by atoms with van der Waals surface area (Å²) < 4.78 is 14.0. The van der Waals surface area contributed by atoms with Crippen molar-refractivity contribution >= 4 is 6.03 Å². The van der Waals surface area contributed by atoms with Gasteiger partial charge < -0.3 is 5.73 Å². The number of nitrogens with two attached hydrogens (primary N) is 1. The Bertz CT molecular complexity index is 509. The second-order valence-corrected chi connectivity index (χ2v) is 2.69. The third kappa shape index (κ3) is 1.66. The van der Waals surface area contributed by atoms with Crippen molar-refractivity contribution < 1.29 is 9.18 Å². The summed E-state index contributed by atoms with van der Waals surface area (Å²) in [5, 5.41) is 3.69. The molecule has 0 bridgehead atoms. The molecule has 0 saturated heterocycles. The smallest absolute Gasteiger partial charge is 0.340 e. The van der Waals surface area contributed by atoms with Gasteiger partial charge in [-0.2, -0.15) is 9.07 Å². The largest absolute Gasteiger partial charge is 0.350 e. The van der Waals surface area contributed by atoms with Crippen LogP contribution in [0.5, 0.6) is 0 Å². The lowest BCUT2D eigenvalue weighted by Crippen LogP contribution is -2.19. The Balaban J connectivity index is 2.46. The van der Waals surface area contributed by atoms with Crippen molar-refractivity contribution in [2.75, 3.05) is 0 Å². The molecule has 76 valence electrons. The van der Waals surface area contributed by atoms with E-state index in [1.54, 1.807) is 6.07 Å². The minimum atomic E-state index is -0.780. The number of aromatic nitrogens is 4. The van der Waals surface area contributed by atoms with Gasteiger partial charge in [-0.25, -0.2) is 14.8 Å². The number of nitrogens with zero attached hydrogens (tertiary/aromatic N) is 4. The van der Waals surface area contributed by atoms with Crippen LogP contribution in [0.4, 0.5) is 9.18 Å². The molecule has 0 aliphatic heterocycles. The van der Waals surface area contributed by atoms with E-state index in [4.69, 9.17) is 5.73 Å². The number of rotatable bonds is 1. The Morgan fingerprint density at radius 3 is 2.87 bits per heavy atom. The maximum atomic E-state index is 13.2. The zero-order valence-electron chi connectivity index (χ0n) is 7.46. The number of carbonyl (C=O) groups is 1. The molecule has 0 aromatic carbocycles. The molecule has 2 aromatic rings. The zero-order chi connectivity index (χ0) is 10.8. The van der Waals surface area contributed by atoms with Crippen molar-refractivity contribution in [2.45, 2.75) is 0 Å². The monoisotopic (exact) mass is 207 g/mol. The van der Waals surface area contributed by atoms with Gasteiger partial charge in [0.2, 0.25) is 5.95 Å². The van der Waals surface area contributed by atoms with Crippen molar-refractivity contribution in [3.8, 4) is 11.4 Å². The number of hydrogen-bond acceptors (Lipinski definition) is 4. The highest BCUT2D eigenvalue weighted by atomic mass is 19.1. The fraction of sp³-hybridized carbons (Fsp3) is 0. The van der Waals surface area contributed by atoms with Crippen LogP contribution in [0.1, 0.15) is 0 Å². The van der Waals surface area contributed by atoms with Crippen LogP contribution in [0.25, 0.3) is 11.4 Å². The van der Waals surface area contributed by atoms with Crippen molar-refractivity contribution in [3.05, 3.63) is 30.6 Å². The third-order valence-corrected chi connectivity index (χ3v) is 1.72. The molecule has 2 heterocycles. The summed E-state index contributed by atoms with van der Waals surface area (Å²) in [7, 11) is 0. The molecule has 0 saturated carbocycles. The highest BCUT2D eigenvalue weighted by molar-refractivity contribution is 5.73. The number of halogens is 1. The molecule has 0 aliphatic carbocycles. The van der Waals surface area contributed by atoms with Gasteiger partial charge in [-0.3, -0.25) is 0 Å². The highest BCUT2D eigenvalue weighted by Crippen LogP contribution is 2.15. The first kappa shape index (κ1) is 9.25. The Hall–Kier alpha value is -2.31. The van der Waals surface area contributed by atoms with E-state index in [-0.39, 0.29) is 11.4 Å². The average molecular weight is 207 g/mol. The number of primary amides is 1. The SMILES string of the molecule is NC(=O)n1cnc(-c2cccnc2F)n1. The van der Waals surface area contributed by atoms with Gasteiger partial charge in [0, 0.05) is 6.20 Å². The predicted molar refractivity (Wildman–Crippen MR) is 48.2 cm³/mol. The lowest BCUT2D eigenvalue weighted by molar-refractivity contribution is 0.247. The summed E-state index contributed by atoms with van der Waals surface area (Å²) in [6.45, 7) is 0. The van der Waals surface area contributed by atoms with E-state index in [9.17, 15) is 9.18 Å². The minimum absolute atomic E-state index is 0.0689. The van der Waals surface area contributed by atoms with E-state index in [2.05, 4.69) is 15.1 Å². The van der Waals surface area contributed by atoms with Crippen molar-refractivity contribution in [1.29, 1.82) is 0 Å². The molecular weight excluding hydrogens is 201 g/mol. The summed E-state index contributed by atoms with van der Waals surface area (Å²) in [6, 6.07) is 2.23. The van der Waals surface area contributed by atoms with Crippen LogP contribution in [0.15, 0.2) is 24.7 Å². The normalized spacial score (nSPS) is 10.2. The Kier molecular flexibility index (Phi) is 2.13. The molecule has 0 aliphatic rings. The molecule has 6 nitrogen and oxygen atoms in total. The first-order valence-corrected chi connectivity index (χ1v) is 4.01. The maximum absolute atomic E-state index is 13.2. The zero-order valence-corrected chi connectivity index (χ0v) is 7.46. The van der Waals surface area contributed by atoms with Gasteiger partial charge >= 0.3 is 6.03 Å². The number of pyridine rings is 1. The Labute approximate surface area is 83.6 Å². The van der Waals surface area contributed by atoms with Gasteiger partial charge in [-0.1, -0.05) is 0 Å². The molecule has 2 N–H and O–H groups in total. The molecule has 2 aromatic heterocycles. The number of carbonyl (C=O) groups excluding carboxylic acids is 1. The van der Waals surface area contributed by atoms with Crippen LogP contribution >= 0.6 is 0 Å². The lowest BCUT2D eigenvalue weighted by atomic mass is 10.3. The van der Waals surface area contributed by atoms with Crippen LogP contribution < -0.4 is 5.73 Å². The van der Waals surface area contributed by atoms with Crippen molar-refractivity contribution in [1.82, 2.24) is 19.7 Å². The van der Waals surface area contributed by atoms with Gasteiger partial charge in [0.1, 0.15) is 6.33 Å². The quantitative estimate of drug-likeness (QED) is 0.686. The van der Waals surface area contributed by atoms with E-state index in [1.165, 1.54) is 12.3 Å². The molecule has 1 amide bonds. The van der Waals surface area contributed by atoms with Crippen LogP contribution in [-0.4, -0.2) is 25.8 Å². The summed E-state index contributed by atoms with van der Waals surface area (Å²) in [6.07, 6.45) is 2.42. The maximum Gasteiger partial charge on any atom is 0.340 e. The van der Waals surface area contributed by atoms with Gasteiger partial charge in [-0.05, 0) is 12.1 Å². The fourth-order valence-electron chi connectivity index (χ4n) is 1.05. The Morgan fingerprint density at radius 2 is 2.27 bits per heavy atom. The summed E-state index contributed by atoms with van der Waals surface area (Å²) in [5.41, 5.74) is 5.08. The van der Waals surface area contributed by atoms with E-state index >= 15 is 0 Å². The molecule has 0 spiro atoms. The fourth-order valence-corrected chi connectivity index (χ4v) is 1.05. The summed E-state index contributed by atoms with van der Waals surface area (Å²) in [4.78, 5) is 17.9. The van der Waals surface area contributed by atoms with Gasteiger partial charge in [-0.15, -0.1) is 5.10 Å². The van der Waals surface area contributed by atoms with Gasteiger partial charge in [0.25, 0.3) is 0 Å². The predicted octanol–water partition coefficient (Wildman–Crippen LogP) is 0.406. The molecule has 7 heteroatoms. The molecule has 0 radical (unpaired) electrons. The molecule has 15 heavy (non-hydrogen) atoms. The molecule has 0 atom stereocenters. The highest BCUT2D eigenvalue weighted by Gasteiger charge is 2.11. The lowest BCUT2D eigenvalue weighted by Gasteiger charge is -1.95. The topological polar surface area (TPSA) is 86.7 Å². The van der Waals surface area contributed by atoms with Crippen molar-refractivity contribution in [2.24, 2.45) is 5.73 Å². The molecule has 0 fully saturated rings. The van der Waals surface area contributed by atoms with Gasteiger partial charge in [0.15, 0.2) is 5.82 Å². The van der Waals surface area contributed by atoms with Crippen LogP contribution in [0, 0.1) is 5.95 Å². The summed E-state index contributed by atoms with van der Waals surface area (Å²) >= 11 is 0. The first-order valence-electron chi connectivity index (χ1n) is 4.01. The summed E-state index contributed by atoms with van der Waals surface area (Å²) in [5.74, 6) is -0.626.